The molecule has 0 saturated carbocycles. The lowest BCUT2D eigenvalue weighted by Crippen LogP contribution is -2.38. The van der Waals surface area contributed by atoms with E-state index in [0.717, 1.165) is 19.4 Å². The van der Waals surface area contributed by atoms with Crippen molar-refractivity contribution in [3.05, 3.63) is 35.4 Å². The summed E-state index contributed by atoms with van der Waals surface area (Å²) in [4.78, 5) is 0. The molecule has 0 heterocycles. The Bertz CT molecular complexity index is 559. The molecule has 1 atom stereocenters. The van der Waals surface area contributed by atoms with E-state index in [1.54, 1.807) is 26.0 Å². The Labute approximate surface area is 154 Å². The van der Waals surface area contributed by atoms with Crippen LogP contribution in [0.25, 0.3) is 0 Å². The molecular weight excluding hydrogens is 343 g/mol. The fourth-order valence-corrected chi connectivity index (χ4v) is 2.24. The standard InChI is InChI=1S/C20H28F3NO2/c1-4-12-25-14-6-15-26-13-5-7-17-8-10-18(11-9-17)19(20(21,22)23)24-16(2)3/h8-11,16,19,24H,4,6,12-15H2,1-3H3. The number of hydrogen-bond acceptors (Lipinski definition) is 3. The molecule has 0 aliphatic rings. The Morgan fingerprint density at radius 1 is 1.04 bits per heavy atom. The summed E-state index contributed by atoms with van der Waals surface area (Å²) in [5, 5.41) is 2.55. The normalized spacial score (nSPS) is 12.7. The lowest BCUT2D eigenvalue weighted by Gasteiger charge is -2.24. The SMILES string of the molecule is CCCOCCCOCC#Cc1ccc(C(NC(C)C)C(F)(F)F)cc1. The van der Waals surface area contributed by atoms with Crippen LogP contribution in [-0.4, -0.2) is 38.6 Å². The maximum Gasteiger partial charge on any atom is 0.407 e. The zero-order chi connectivity index (χ0) is 19.4. The average Bonchev–Trinajstić information content (AvgIpc) is 2.58. The molecule has 0 amide bonds. The second-order valence-corrected chi connectivity index (χ2v) is 6.24. The van der Waals surface area contributed by atoms with Crippen LogP contribution in [-0.2, 0) is 9.47 Å². The van der Waals surface area contributed by atoms with Gasteiger partial charge in [0, 0.05) is 24.8 Å². The van der Waals surface area contributed by atoms with Crippen molar-refractivity contribution in [3.63, 3.8) is 0 Å². The molecule has 1 aromatic rings. The molecule has 1 unspecified atom stereocenters. The summed E-state index contributed by atoms with van der Waals surface area (Å²) >= 11 is 0. The van der Waals surface area contributed by atoms with Gasteiger partial charge < -0.3 is 14.8 Å². The monoisotopic (exact) mass is 371 g/mol. The zero-order valence-corrected chi connectivity index (χ0v) is 15.7. The van der Waals surface area contributed by atoms with E-state index in [1.807, 2.05) is 0 Å². The summed E-state index contributed by atoms with van der Waals surface area (Å²) < 4.78 is 50.2. The molecule has 1 rings (SSSR count). The zero-order valence-electron chi connectivity index (χ0n) is 15.7. The van der Waals surface area contributed by atoms with Crippen molar-refractivity contribution in [3.8, 4) is 11.8 Å². The molecule has 0 fully saturated rings. The highest BCUT2D eigenvalue weighted by Gasteiger charge is 2.40. The average molecular weight is 371 g/mol. The number of ether oxygens (including phenoxy) is 2. The van der Waals surface area contributed by atoms with Gasteiger partial charge in [0.2, 0.25) is 0 Å². The second-order valence-electron chi connectivity index (χ2n) is 6.24. The number of benzene rings is 1. The van der Waals surface area contributed by atoms with Crippen LogP contribution in [0.4, 0.5) is 13.2 Å². The van der Waals surface area contributed by atoms with Gasteiger partial charge in [0.1, 0.15) is 12.6 Å². The summed E-state index contributed by atoms with van der Waals surface area (Å²) in [6.45, 7) is 7.73. The van der Waals surface area contributed by atoms with Crippen molar-refractivity contribution in [2.75, 3.05) is 26.4 Å². The molecule has 0 aliphatic carbocycles. The van der Waals surface area contributed by atoms with Crippen LogP contribution in [0.2, 0.25) is 0 Å². The van der Waals surface area contributed by atoms with E-state index in [9.17, 15) is 13.2 Å². The van der Waals surface area contributed by atoms with Gasteiger partial charge >= 0.3 is 6.18 Å². The molecule has 1 N–H and O–H groups in total. The molecule has 0 bridgehead atoms. The minimum Gasteiger partial charge on any atom is -0.381 e. The van der Waals surface area contributed by atoms with Gasteiger partial charge in [0.25, 0.3) is 0 Å². The topological polar surface area (TPSA) is 30.5 Å². The number of alkyl halides is 3. The maximum absolute atomic E-state index is 13.2. The highest BCUT2D eigenvalue weighted by molar-refractivity contribution is 5.37. The van der Waals surface area contributed by atoms with Crippen LogP contribution in [0.5, 0.6) is 0 Å². The summed E-state index contributed by atoms with van der Waals surface area (Å²) in [6.07, 6.45) is -2.52. The molecule has 0 radical (unpaired) electrons. The van der Waals surface area contributed by atoms with Gasteiger partial charge in [-0.1, -0.05) is 44.7 Å². The van der Waals surface area contributed by atoms with Crippen molar-refractivity contribution in [2.24, 2.45) is 0 Å². The summed E-state index contributed by atoms with van der Waals surface area (Å²) in [5.74, 6) is 5.76. The Hall–Kier alpha value is -1.55. The lowest BCUT2D eigenvalue weighted by molar-refractivity contribution is -0.159. The predicted octanol–water partition coefficient (Wildman–Crippen LogP) is 4.47. The first kappa shape index (κ1) is 22.5. The maximum atomic E-state index is 13.2. The Morgan fingerprint density at radius 2 is 1.69 bits per heavy atom. The predicted molar refractivity (Wildman–Crippen MR) is 96.9 cm³/mol. The fourth-order valence-electron chi connectivity index (χ4n) is 2.24. The van der Waals surface area contributed by atoms with E-state index >= 15 is 0 Å². The first-order valence-corrected chi connectivity index (χ1v) is 8.91. The minimum atomic E-state index is -4.34. The molecule has 6 heteroatoms. The largest absolute Gasteiger partial charge is 0.407 e. The first-order chi connectivity index (χ1) is 12.3. The van der Waals surface area contributed by atoms with E-state index in [0.29, 0.717) is 18.8 Å². The number of hydrogen-bond donors (Lipinski definition) is 1. The molecule has 1 aromatic carbocycles. The van der Waals surface area contributed by atoms with E-state index in [2.05, 4.69) is 24.1 Å². The van der Waals surface area contributed by atoms with E-state index in [1.165, 1.54) is 12.1 Å². The number of halogens is 3. The molecular formula is C20H28F3NO2. The Balaban J connectivity index is 2.47. The van der Waals surface area contributed by atoms with Gasteiger partial charge in [0.15, 0.2) is 0 Å². The van der Waals surface area contributed by atoms with Gasteiger partial charge in [-0.25, -0.2) is 0 Å². The van der Waals surface area contributed by atoms with Gasteiger partial charge in [-0.05, 0) is 30.5 Å². The third kappa shape index (κ3) is 9.23. The van der Waals surface area contributed by atoms with Gasteiger partial charge in [-0.3, -0.25) is 0 Å². The molecule has 26 heavy (non-hydrogen) atoms. The van der Waals surface area contributed by atoms with Crippen LogP contribution in [0.1, 0.15) is 50.8 Å². The van der Waals surface area contributed by atoms with Gasteiger partial charge in [0.05, 0.1) is 6.61 Å². The second kappa shape index (κ2) is 11.9. The van der Waals surface area contributed by atoms with Gasteiger partial charge in [-0.2, -0.15) is 13.2 Å². The number of nitrogens with one attached hydrogen (secondary N) is 1. The van der Waals surface area contributed by atoms with Crippen LogP contribution >= 0.6 is 0 Å². The van der Waals surface area contributed by atoms with Crippen molar-refractivity contribution in [2.45, 2.75) is 51.9 Å². The van der Waals surface area contributed by atoms with Crippen molar-refractivity contribution < 1.29 is 22.6 Å². The first-order valence-electron chi connectivity index (χ1n) is 8.91. The Kier molecular flexibility index (Phi) is 10.3. The third-order valence-corrected chi connectivity index (χ3v) is 3.40. The van der Waals surface area contributed by atoms with Crippen molar-refractivity contribution >= 4 is 0 Å². The summed E-state index contributed by atoms with van der Waals surface area (Å²) in [5.41, 5.74) is 0.842. The molecule has 146 valence electrons. The molecule has 0 aliphatic heterocycles. The van der Waals surface area contributed by atoms with E-state index in [4.69, 9.17) is 9.47 Å². The Morgan fingerprint density at radius 3 is 2.27 bits per heavy atom. The van der Waals surface area contributed by atoms with Crippen LogP contribution in [0, 0.1) is 11.8 Å². The summed E-state index contributed by atoms with van der Waals surface area (Å²) in [7, 11) is 0. The molecule has 3 nitrogen and oxygen atoms in total. The molecule has 0 aromatic heterocycles. The highest BCUT2D eigenvalue weighted by Crippen LogP contribution is 2.33. The van der Waals surface area contributed by atoms with Crippen LogP contribution in [0.3, 0.4) is 0 Å². The smallest absolute Gasteiger partial charge is 0.381 e. The molecule has 0 saturated heterocycles. The van der Waals surface area contributed by atoms with Crippen molar-refractivity contribution in [1.82, 2.24) is 5.32 Å². The minimum absolute atomic E-state index is 0.181. The number of rotatable bonds is 10. The quantitative estimate of drug-likeness (QED) is 0.486. The highest BCUT2D eigenvalue weighted by atomic mass is 19.4. The third-order valence-electron chi connectivity index (χ3n) is 3.40. The lowest BCUT2D eigenvalue weighted by atomic mass is 10.0. The van der Waals surface area contributed by atoms with Crippen molar-refractivity contribution in [1.29, 1.82) is 0 Å². The van der Waals surface area contributed by atoms with E-state index in [-0.39, 0.29) is 18.2 Å². The summed E-state index contributed by atoms with van der Waals surface area (Å²) in [6, 6.07) is 4.17. The fraction of sp³-hybridized carbons (Fsp3) is 0.600. The van der Waals surface area contributed by atoms with Gasteiger partial charge in [-0.15, -0.1) is 0 Å². The van der Waals surface area contributed by atoms with Crippen LogP contribution < -0.4 is 5.32 Å². The molecule has 0 spiro atoms. The van der Waals surface area contributed by atoms with Crippen LogP contribution in [0.15, 0.2) is 24.3 Å². The van der Waals surface area contributed by atoms with E-state index < -0.39 is 12.2 Å².